The van der Waals surface area contributed by atoms with Crippen LogP contribution in [0.4, 0.5) is 0 Å². The lowest BCUT2D eigenvalue weighted by molar-refractivity contribution is 1.07. The Morgan fingerprint density at radius 2 is 2.27 bits per heavy atom. The number of rotatable bonds is 3. The van der Waals surface area contributed by atoms with Gasteiger partial charge < -0.3 is 0 Å². The average molecular weight is 184 g/mol. The molecule has 0 amide bonds. The first kappa shape index (κ1) is 8.69. The van der Waals surface area contributed by atoms with Gasteiger partial charge in [-0.2, -0.15) is 0 Å². The van der Waals surface area contributed by atoms with Crippen LogP contribution in [-0.2, 0) is 6.42 Å². The minimum Gasteiger partial charge on any atom is -0.0843 e. The smallest absolute Gasteiger partial charge is 0.0408 e. The second-order valence-electron chi connectivity index (χ2n) is 2.27. The lowest BCUT2D eigenvalue weighted by Gasteiger charge is -1.96. The number of aryl methyl sites for hydroxylation is 1. The van der Waals surface area contributed by atoms with Crippen molar-refractivity contribution >= 4 is 29.2 Å². The minimum atomic E-state index is 0.784. The Morgan fingerprint density at radius 3 is 2.91 bits per heavy atom. The van der Waals surface area contributed by atoms with Gasteiger partial charge in [-0.3, -0.25) is 0 Å². The highest BCUT2D eigenvalue weighted by Crippen LogP contribution is 2.11. The summed E-state index contributed by atoms with van der Waals surface area (Å²) < 4.78 is 0. The van der Waals surface area contributed by atoms with Crippen molar-refractivity contribution < 1.29 is 0 Å². The predicted octanol–water partition coefficient (Wildman–Crippen LogP) is 3.15. The third-order valence-electron chi connectivity index (χ3n) is 1.40. The second kappa shape index (κ2) is 4.47. The van der Waals surface area contributed by atoms with Gasteiger partial charge in [-0.25, -0.2) is 0 Å². The molecule has 1 aromatic carbocycles. The van der Waals surface area contributed by atoms with Crippen molar-refractivity contribution in [2.24, 2.45) is 0 Å². The van der Waals surface area contributed by atoms with Crippen molar-refractivity contribution in [3.63, 3.8) is 0 Å². The first-order chi connectivity index (χ1) is 5.33. The molecule has 2 heteroatoms. The number of benzene rings is 1. The maximum Gasteiger partial charge on any atom is 0.0408 e. The van der Waals surface area contributed by atoms with E-state index in [0.29, 0.717) is 0 Å². The van der Waals surface area contributed by atoms with Crippen LogP contribution in [0.2, 0.25) is 5.02 Å². The van der Waals surface area contributed by atoms with E-state index in [1.807, 2.05) is 24.3 Å². The third-order valence-corrected chi connectivity index (χ3v) is 1.84. The van der Waals surface area contributed by atoms with Crippen molar-refractivity contribution in [3.8, 4) is 0 Å². The summed E-state index contributed by atoms with van der Waals surface area (Å²) in [6.45, 7) is 0. The van der Waals surface area contributed by atoms with Gasteiger partial charge in [0.1, 0.15) is 0 Å². The van der Waals surface area contributed by atoms with Crippen molar-refractivity contribution in [3.05, 3.63) is 34.9 Å². The first-order valence-corrected chi connectivity index (χ1v) is 4.21. The van der Waals surface area contributed by atoms with E-state index < -0.39 is 0 Å². The largest absolute Gasteiger partial charge is 0.0843 e. The number of hydrogen-bond donors (Lipinski definition) is 0. The van der Waals surface area contributed by atoms with E-state index in [2.05, 4.69) is 17.6 Å². The Balaban J connectivity index is 2.63. The van der Waals surface area contributed by atoms with E-state index >= 15 is 0 Å². The highest BCUT2D eigenvalue weighted by molar-refractivity contribution is 7.78. The van der Waals surface area contributed by atoms with Crippen LogP contribution in [0.3, 0.4) is 0 Å². The molecule has 0 spiro atoms. The molecule has 0 nitrogen and oxygen atoms in total. The SMILES string of the molecule is S=[C]CCc1cccc(Cl)c1. The zero-order valence-electron chi connectivity index (χ0n) is 6.01. The topological polar surface area (TPSA) is 0 Å². The van der Waals surface area contributed by atoms with E-state index in [4.69, 9.17) is 11.6 Å². The van der Waals surface area contributed by atoms with Gasteiger partial charge >= 0.3 is 0 Å². The van der Waals surface area contributed by atoms with Crippen molar-refractivity contribution in [2.75, 3.05) is 0 Å². The van der Waals surface area contributed by atoms with E-state index in [9.17, 15) is 0 Å². The summed E-state index contributed by atoms with van der Waals surface area (Å²) in [6.07, 6.45) is 1.75. The van der Waals surface area contributed by atoms with E-state index in [0.717, 1.165) is 17.9 Å². The van der Waals surface area contributed by atoms with Crippen LogP contribution in [0.25, 0.3) is 0 Å². The van der Waals surface area contributed by atoms with Crippen LogP contribution in [0.15, 0.2) is 24.3 Å². The fourth-order valence-corrected chi connectivity index (χ4v) is 1.20. The molecule has 0 aliphatic carbocycles. The summed E-state index contributed by atoms with van der Waals surface area (Å²) in [5, 5.41) is 3.46. The van der Waals surface area contributed by atoms with Gasteiger partial charge in [-0.1, -0.05) is 36.0 Å². The van der Waals surface area contributed by atoms with Crippen molar-refractivity contribution in [1.29, 1.82) is 0 Å². The molecule has 0 unspecified atom stereocenters. The molecule has 0 heterocycles. The van der Waals surface area contributed by atoms with Crippen LogP contribution in [0.5, 0.6) is 0 Å². The fraction of sp³-hybridized carbons (Fsp3) is 0.222. The molecule has 0 aromatic heterocycles. The molecule has 0 aliphatic rings. The average Bonchev–Trinajstić information content (AvgIpc) is 2.01. The summed E-state index contributed by atoms with van der Waals surface area (Å²) in [4.78, 5) is 0. The van der Waals surface area contributed by atoms with Gasteiger partial charge in [-0.15, -0.1) is 0 Å². The zero-order valence-corrected chi connectivity index (χ0v) is 7.58. The fourth-order valence-electron chi connectivity index (χ4n) is 0.888. The normalized spacial score (nSPS) is 9.55. The molecule has 0 N–H and O–H groups in total. The monoisotopic (exact) mass is 183 g/mol. The Kier molecular flexibility index (Phi) is 3.53. The molecule has 0 saturated heterocycles. The van der Waals surface area contributed by atoms with E-state index in [-0.39, 0.29) is 0 Å². The summed E-state index contributed by atoms with van der Waals surface area (Å²) in [7, 11) is 0. The van der Waals surface area contributed by atoms with Gasteiger partial charge in [-0.05, 0) is 30.5 Å². The second-order valence-corrected chi connectivity index (χ2v) is 3.00. The number of hydrogen-bond acceptors (Lipinski definition) is 1. The molecule has 11 heavy (non-hydrogen) atoms. The van der Waals surface area contributed by atoms with Crippen LogP contribution < -0.4 is 0 Å². The molecule has 0 atom stereocenters. The van der Waals surface area contributed by atoms with Crippen LogP contribution in [0, 0.1) is 0 Å². The number of thiocarbonyl (C=S) groups is 1. The number of halogens is 1. The molecule has 57 valence electrons. The lowest BCUT2D eigenvalue weighted by Crippen LogP contribution is -1.83. The van der Waals surface area contributed by atoms with Gasteiger partial charge in [0.2, 0.25) is 0 Å². The predicted molar refractivity (Wildman–Crippen MR) is 52.4 cm³/mol. The highest BCUT2D eigenvalue weighted by atomic mass is 35.5. The summed E-state index contributed by atoms with van der Waals surface area (Å²) >= 11 is 10.4. The molecular weight excluding hydrogens is 176 g/mol. The van der Waals surface area contributed by atoms with Crippen LogP contribution in [0.1, 0.15) is 12.0 Å². The zero-order chi connectivity index (χ0) is 8.10. The van der Waals surface area contributed by atoms with Crippen molar-refractivity contribution in [2.45, 2.75) is 12.8 Å². The van der Waals surface area contributed by atoms with E-state index in [1.165, 1.54) is 5.56 Å². The minimum absolute atomic E-state index is 0.784. The molecule has 0 aliphatic heterocycles. The molecule has 1 radical (unpaired) electrons. The first-order valence-electron chi connectivity index (χ1n) is 3.42. The van der Waals surface area contributed by atoms with Gasteiger partial charge in [0.25, 0.3) is 0 Å². The maximum atomic E-state index is 5.78. The molecular formula is C9H8ClS. The molecule has 0 fully saturated rings. The molecule has 1 rings (SSSR count). The molecule has 0 bridgehead atoms. The van der Waals surface area contributed by atoms with Gasteiger partial charge in [0, 0.05) is 10.4 Å². The summed E-state index contributed by atoms with van der Waals surface area (Å²) in [5.74, 6) is 0. The van der Waals surface area contributed by atoms with Crippen LogP contribution in [-0.4, -0.2) is 5.37 Å². The Hall–Kier alpha value is -0.400. The van der Waals surface area contributed by atoms with E-state index in [1.54, 1.807) is 0 Å². The Morgan fingerprint density at radius 1 is 1.45 bits per heavy atom. The summed E-state index contributed by atoms with van der Waals surface area (Å²) in [6, 6.07) is 7.81. The lowest BCUT2D eigenvalue weighted by atomic mass is 10.1. The summed E-state index contributed by atoms with van der Waals surface area (Å²) in [5.41, 5.74) is 1.22. The van der Waals surface area contributed by atoms with Crippen molar-refractivity contribution in [1.82, 2.24) is 0 Å². The highest BCUT2D eigenvalue weighted by Gasteiger charge is 1.91. The third kappa shape index (κ3) is 3.00. The Bertz CT molecular complexity index is 245. The quantitative estimate of drug-likeness (QED) is 0.649. The Labute approximate surface area is 77.2 Å². The van der Waals surface area contributed by atoms with Gasteiger partial charge in [0.15, 0.2) is 0 Å². The van der Waals surface area contributed by atoms with Gasteiger partial charge in [0.05, 0.1) is 0 Å². The van der Waals surface area contributed by atoms with Crippen LogP contribution >= 0.6 is 23.8 Å². The maximum absolute atomic E-state index is 5.78. The molecule has 1 aromatic rings. The molecule has 0 saturated carbocycles. The standard InChI is InChI=1S/C9H8ClS/c10-9-5-1-3-8(7-9)4-2-6-11/h1,3,5,7H,2,4H2.